The van der Waals surface area contributed by atoms with Gasteiger partial charge in [-0.2, -0.15) is 0 Å². The Bertz CT molecular complexity index is 1030. The van der Waals surface area contributed by atoms with Gasteiger partial charge in [-0.25, -0.2) is 0 Å². The molecular weight excluding hydrogens is 434 g/mol. The molecule has 0 fully saturated rings. The summed E-state index contributed by atoms with van der Waals surface area (Å²) in [6.45, 7) is 4.04. The van der Waals surface area contributed by atoms with Gasteiger partial charge < -0.3 is 21.7 Å². The molecule has 0 amide bonds. The highest BCUT2D eigenvalue weighted by molar-refractivity contribution is 5.36. The zero-order valence-electron chi connectivity index (χ0n) is 20.7. The molecule has 0 spiro atoms. The van der Waals surface area contributed by atoms with Crippen molar-refractivity contribution in [1.82, 2.24) is 0 Å². The molecule has 5 nitrogen and oxygen atoms in total. The van der Waals surface area contributed by atoms with Crippen molar-refractivity contribution in [3.05, 3.63) is 132 Å². The van der Waals surface area contributed by atoms with Crippen molar-refractivity contribution < 1.29 is 10.2 Å². The molecule has 186 valence electrons. The first-order valence-corrected chi connectivity index (χ1v) is 11.6. The van der Waals surface area contributed by atoms with Crippen LogP contribution in [0.15, 0.2) is 121 Å². The van der Waals surface area contributed by atoms with E-state index in [2.05, 4.69) is 37.3 Å². The van der Waals surface area contributed by atoms with Crippen LogP contribution in [0.1, 0.15) is 31.4 Å². The van der Waals surface area contributed by atoms with Gasteiger partial charge in [0.05, 0.1) is 6.04 Å². The van der Waals surface area contributed by atoms with Gasteiger partial charge in [-0.1, -0.05) is 110 Å². The lowest BCUT2D eigenvalue weighted by Gasteiger charge is -2.34. The van der Waals surface area contributed by atoms with Gasteiger partial charge in [-0.3, -0.25) is 5.73 Å². The van der Waals surface area contributed by atoms with E-state index in [1.807, 2.05) is 97.9 Å². The number of hydrogen-bond acceptors (Lipinski definition) is 4. The van der Waals surface area contributed by atoms with Gasteiger partial charge >= 0.3 is 0 Å². The van der Waals surface area contributed by atoms with Gasteiger partial charge in [0.15, 0.2) is 5.72 Å². The molecule has 0 aliphatic carbocycles. The summed E-state index contributed by atoms with van der Waals surface area (Å²) in [5.74, 6) is 0.709. The van der Waals surface area contributed by atoms with E-state index in [0.717, 1.165) is 11.3 Å². The van der Waals surface area contributed by atoms with E-state index < -0.39 is 5.72 Å². The first kappa shape index (κ1) is 29.4. The molecule has 0 radical (unpaired) electrons. The second-order valence-electron chi connectivity index (χ2n) is 8.01. The second kappa shape index (κ2) is 16.1. The summed E-state index contributed by atoms with van der Waals surface area (Å²) in [6, 6.07) is 38.8. The number of hydrogen-bond donors (Lipinski definition) is 3. The third kappa shape index (κ3) is 10.4. The number of para-hydroxylation sites is 2. The average Bonchev–Trinajstić information content (AvgIpc) is 2.87. The van der Waals surface area contributed by atoms with E-state index in [1.165, 1.54) is 18.4 Å². The minimum Gasteiger partial charge on any atom is -0.467 e. The highest BCUT2D eigenvalue weighted by Crippen LogP contribution is 2.25. The van der Waals surface area contributed by atoms with Crippen LogP contribution in [-0.4, -0.2) is 11.5 Å². The predicted molar refractivity (Wildman–Crippen MR) is 148 cm³/mol. The van der Waals surface area contributed by atoms with Gasteiger partial charge in [0.2, 0.25) is 0 Å². The molecule has 4 aromatic carbocycles. The fraction of sp³-hybridized carbons (Fsp3) is 0.200. The number of anilines is 1. The third-order valence-corrected chi connectivity index (χ3v) is 5.11. The van der Waals surface area contributed by atoms with Gasteiger partial charge in [-0.15, -0.1) is 0 Å². The van der Waals surface area contributed by atoms with Crippen LogP contribution in [0.25, 0.3) is 0 Å². The maximum Gasteiger partial charge on any atom is 0.199 e. The standard InChI is InChI=1S/C15H18N2O.C9H12.C6H7N.H2O/c1-12(16)15(17,13-8-4-2-5-9-13)18-14-10-6-3-7-11-14;1-2-6-9-7-4-3-5-8-9;7-6-4-2-1-3-5-6;/h2-12H,16-17H2,1H3;3-5,7-8H,2,6H2,1H3;1-5H,7H2;1H2. The number of benzene rings is 4. The highest BCUT2D eigenvalue weighted by Gasteiger charge is 2.34. The van der Waals surface area contributed by atoms with Gasteiger partial charge in [0.25, 0.3) is 0 Å². The summed E-state index contributed by atoms with van der Waals surface area (Å²) in [6.07, 6.45) is 2.45. The normalized spacial score (nSPS) is 12.2. The number of ether oxygens (including phenoxy) is 1. The molecule has 4 aromatic rings. The molecule has 0 saturated heterocycles. The van der Waals surface area contributed by atoms with Crippen molar-refractivity contribution in [1.29, 1.82) is 0 Å². The molecule has 0 bridgehead atoms. The minimum absolute atomic E-state index is 0. The summed E-state index contributed by atoms with van der Waals surface area (Å²) in [4.78, 5) is 0. The smallest absolute Gasteiger partial charge is 0.199 e. The van der Waals surface area contributed by atoms with Gasteiger partial charge in [-0.05, 0) is 43.2 Å². The van der Waals surface area contributed by atoms with E-state index in [1.54, 1.807) is 0 Å². The van der Waals surface area contributed by atoms with E-state index in [0.29, 0.717) is 5.75 Å². The Balaban J connectivity index is 0.000000300. The molecule has 0 saturated carbocycles. The van der Waals surface area contributed by atoms with Crippen molar-refractivity contribution >= 4 is 5.69 Å². The molecule has 0 aromatic heterocycles. The quantitative estimate of drug-likeness (QED) is 0.260. The Kier molecular flexibility index (Phi) is 13.5. The molecule has 4 rings (SSSR count). The summed E-state index contributed by atoms with van der Waals surface area (Å²) in [5, 5.41) is 0. The summed E-state index contributed by atoms with van der Waals surface area (Å²) >= 11 is 0. The highest BCUT2D eigenvalue weighted by atomic mass is 16.5. The van der Waals surface area contributed by atoms with Crippen LogP contribution in [0.5, 0.6) is 5.75 Å². The number of nitrogen functional groups attached to an aromatic ring is 1. The van der Waals surface area contributed by atoms with Crippen LogP contribution in [0, 0.1) is 0 Å². The lowest BCUT2D eigenvalue weighted by Crippen LogP contribution is -2.55. The van der Waals surface area contributed by atoms with Crippen molar-refractivity contribution in [2.75, 3.05) is 5.73 Å². The Labute approximate surface area is 209 Å². The van der Waals surface area contributed by atoms with E-state index in [-0.39, 0.29) is 11.5 Å². The molecule has 0 aliphatic rings. The van der Waals surface area contributed by atoms with Gasteiger partial charge in [0, 0.05) is 11.3 Å². The predicted octanol–water partition coefficient (Wildman–Crippen LogP) is 5.31. The first-order valence-electron chi connectivity index (χ1n) is 11.6. The molecule has 0 aliphatic heterocycles. The van der Waals surface area contributed by atoms with E-state index >= 15 is 0 Å². The topological polar surface area (TPSA) is 119 Å². The lowest BCUT2D eigenvalue weighted by molar-refractivity contribution is 0.0502. The van der Waals surface area contributed by atoms with Crippen LogP contribution in [-0.2, 0) is 12.1 Å². The van der Waals surface area contributed by atoms with Crippen LogP contribution >= 0.6 is 0 Å². The zero-order chi connectivity index (χ0) is 24.7. The minimum atomic E-state index is -1.03. The molecule has 2 atom stereocenters. The fourth-order valence-electron chi connectivity index (χ4n) is 3.18. The van der Waals surface area contributed by atoms with Crippen molar-refractivity contribution in [3.63, 3.8) is 0 Å². The number of aryl methyl sites for hydroxylation is 1. The van der Waals surface area contributed by atoms with E-state index in [9.17, 15) is 0 Å². The largest absolute Gasteiger partial charge is 0.467 e. The molecule has 8 N–H and O–H groups in total. The van der Waals surface area contributed by atoms with Crippen molar-refractivity contribution in [2.24, 2.45) is 11.5 Å². The second-order valence-corrected chi connectivity index (χ2v) is 8.01. The molecule has 5 heteroatoms. The average molecular weight is 474 g/mol. The van der Waals surface area contributed by atoms with Gasteiger partial charge in [0.1, 0.15) is 5.75 Å². The zero-order valence-corrected chi connectivity index (χ0v) is 20.7. The number of nitrogens with two attached hydrogens (primary N) is 3. The lowest BCUT2D eigenvalue weighted by atomic mass is 9.97. The van der Waals surface area contributed by atoms with Crippen LogP contribution in [0.4, 0.5) is 5.69 Å². The Hall–Kier alpha value is -3.64. The molecular formula is C30H39N3O2. The monoisotopic (exact) mass is 473 g/mol. The third-order valence-electron chi connectivity index (χ3n) is 5.11. The molecule has 35 heavy (non-hydrogen) atoms. The molecule has 2 unspecified atom stereocenters. The summed E-state index contributed by atoms with van der Waals surface area (Å²) < 4.78 is 5.90. The van der Waals surface area contributed by atoms with E-state index in [4.69, 9.17) is 21.9 Å². The summed E-state index contributed by atoms with van der Waals surface area (Å²) in [5.41, 5.74) is 19.8. The SMILES string of the molecule is CC(N)C(N)(Oc1ccccc1)c1ccccc1.CCCc1ccccc1.Nc1ccccc1.O. The molecule has 0 heterocycles. The number of rotatable bonds is 6. The fourth-order valence-corrected chi connectivity index (χ4v) is 3.18. The van der Waals surface area contributed by atoms with Crippen LogP contribution in [0.2, 0.25) is 0 Å². The van der Waals surface area contributed by atoms with Crippen molar-refractivity contribution in [2.45, 2.75) is 38.5 Å². The van der Waals surface area contributed by atoms with Crippen LogP contribution < -0.4 is 21.9 Å². The Morgan fingerprint density at radius 2 is 1.14 bits per heavy atom. The summed E-state index contributed by atoms with van der Waals surface area (Å²) in [7, 11) is 0. The Morgan fingerprint density at radius 3 is 1.54 bits per heavy atom. The Morgan fingerprint density at radius 1 is 0.714 bits per heavy atom. The first-order chi connectivity index (χ1) is 16.5. The van der Waals surface area contributed by atoms with Crippen molar-refractivity contribution in [3.8, 4) is 5.75 Å². The maximum absolute atomic E-state index is 6.35. The van der Waals surface area contributed by atoms with Crippen LogP contribution in [0.3, 0.4) is 0 Å². The maximum atomic E-state index is 6.35.